The van der Waals surface area contributed by atoms with Gasteiger partial charge in [-0.1, -0.05) is 6.92 Å². The Hall–Kier alpha value is -1.30. The van der Waals surface area contributed by atoms with Gasteiger partial charge < -0.3 is 20.5 Å². The SMILES string of the molecule is CCCOC(=O)CCCNC(=O)OCCN. The van der Waals surface area contributed by atoms with Crippen LogP contribution in [0.2, 0.25) is 0 Å². The molecule has 0 radical (unpaired) electrons. The number of amides is 1. The normalized spacial score (nSPS) is 9.62. The van der Waals surface area contributed by atoms with E-state index in [-0.39, 0.29) is 12.6 Å². The molecule has 0 aliphatic rings. The van der Waals surface area contributed by atoms with Crippen molar-refractivity contribution in [1.82, 2.24) is 5.32 Å². The molecule has 1 amide bonds. The lowest BCUT2D eigenvalue weighted by molar-refractivity contribution is -0.143. The van der Waals surface area contributed by atoms with Crippen molar-refractivity contribution in [3.8, 4) is 0 Å². The van der Waals surface area contributed by atoms with Crippen molar-refractivity contribution >= 4 is 12.1 Å². The van der Waals surface area contributed by atoms with Crippen molar-refractivity contribution < 1.29 is 19.1 Å². The standard InChI is InChI=1S/C10H20N2O4/c1-2-7-15-9(13)4-3-6-12-10(14)16-8-5-11/h2-8,11H2,1H3,(H,12,14). The Morgan fingerprint density at radius 3 is 2.62 bits per heavy atom. The molecule has 94 valence electrons. The lowest BCUT2D eigenvalue weighted by atomic mass is 10.3. The topological polar surface area (TPSA) is 90.6 Å². The van der Waals surface area contributed by atoms with E-state index in [1.165, 1.54) is 0 Å². The molecule has 0 saturated carbocycles. The average Bonchev–Trinajstić information content (AvgIpc) is 2.29. The monoisotopic (exact) mass is 232 g/mol. The van der Waals surface area contributed by atoms with Gasteiger partial charge in [0, 0.05) is 19.5 Å². The third-order valence-electron chi connectivity index (χ3n) is 1.65. The maximum Gasteiger partial charge on any atom is 0.407 e. The molecule has 0 heterocycles. The van der Waals surface area contributed by atoms with Crippen LogP contribution in [0.15, 0.2) is 0 Å². The van der Waals surface area contributed by atoms with Crippen LogP contribution >= 0.6 is 0 Å². The number of rotatable bonds is 8. The first-order valence-corrected chi connectivity index (χ1v) is 5.47. The van der Waals surface area contributed by atoms with E-state index in [1.54, 1.807) is 0 Å². The third kappa shape index (κ3) is 9.26. The fourth-order valence-corrected chi connectivity index (χ4v) is 0.914. The lowest BCUT2D eigenvalue weighted by Gasteiger charge is -2.05. The Morgan fingerprint density at radius 2 is 2.00 bits per heavy atom. The molecule has 0 fully saturated rings. The molecule has 0 atom stereocenters. The van der Waals surface area contributed by atoms with Crippen LogP contribution < -0.4 is 11.1 Å². The van der Waals surface area contributed by atoms with Crippen molar-refractivity contribution in [1.29, 1.82) is 0 Å². The summed E-state index contributed by atoms with van der Waals surface area (Å²) in [6, 6.07) is 0. The maximum absolute atomic E-state index is 11.0. The molecular formula is C10H20N2O4. The molecule has 0 spiro atoms. The molecular weight excluding hydrogens is 212 g/mol. The molecule has 0 aromatic carbocycles. The third-order valence-corrected chi connectivity index (χ3v) is 1.65. The number of carbonyl (C=O) groups excluding carboxylic acids is 2. The number of hydrogen-bond acceptors (Lipinski definition) is 5. The second kappa shape index (κ2) is 10.2. The number of nitrogens with two attached hydrogens (primary N) is 1. The highest BCUT2D eigenvalue weighted by Crippen LogP contribution is 1.93. The first-order chi connectivity index (χ1) is 7.70. The Labute approximate surface area is 95.5 Å². The summed E-state index contributed by atoms with van der Waals surface area (Å²) >= 11 is 0. The number of ether oxygens (including phenoxy) is 2. The molecule has 0 aliphatic carbocycles. The van der Waals surface area contributed by atoms with Crippen LogP contribution in [0.1, 0.15) is 26.2 Å². The van der Waals surface area contributed by atoms with Crippen LogP contribution in [-0.2, 0) is 14.3 Å². The van der Waals surface area contributed by atoms with Crippen molar-refractivity contribution in [2.75, 3.05) is 26.3 Å². The molecule has 0 bridgehead atoms. The van der Waals surface area contributed by atoms with Gasteiger partial charge in [0.05, 0.1) is 6.61 Å². The van der Waals surface area contributed by atoms with Crippen LogP contribution in [0.3, 0.4) is 0 Å². The van der Waals surface area contributed by atoms with Gasteiger partial charge in [-0.3, -0.25) is 4.79 Å². The maximum atomic E-state index is 11.0. The highest BCUT2D eigenvalue weighted by atomic mass is 16.5. The van der Waals surface area contributed by atoms with Crippen LogP contribution in [0.25, 0.3) is 0 Å². The second-order valence-corrected chi connectivity index (χ2v) is 3.18. The number of carbonyl (C=O) groups is 2. The Bertz CT molecular complexity index is 187. The first-order valence-electron chi connectivity index (χ1n) is 5.47. The van der Waals surface area contributed by atoms with E-state index >= 15 is 0 Å². The van der Waals surface area contributed by atoms with Gasteiger partial charge in [0.2, 0.25) is 0 Å². The summed E-state index contributed by atoms with van der Waals surface area (Å²) < 4.78 is 9.54. The summed E-state index contributed by atoms with van der Waals surface area (Å²) in [7, 11) is 0. The van der Waals surface area contributed by atoms with Crippen LogP contribution in [0.4, 0.5) is 4.79 Å². The molecule has 0 unspecified atom stereocenters. The summed E-state index contributed by atoms with van der Waals surface area (Å²) in [6.45, 7) is 3.28. The lowest BCUT2D eigenvalue weighted by Crippen LogP contribution is -2.27. The molecule has 0 aromatic rings. The number of nitrogens with one attached hydrogen (secondary N) is 1. The molecule has 6 nitrogen and oxygen atoms in total. The fourth-order valence-electron chi connectivity index (χ4n) is 0.914. The smallest absolute Gasteiger partial charge is 0.407 e. The van der Waals surface area contributed by atoms with E-state index in [0.29, 0.717) is 32.5 Å². The van der Waals surface area contributed by atoms with E-state index in [4.69, 9.17) is 10.5 Å². The summed E-state index contributed by atoms with van der Waals surface area (Å²) in [5.74, 6) is -0.237. The predicted molar refractivity (Wildman–Crippen MR) is 58.9 cm³/mol. The zero-order chi connectivity index (χ0) is 12.2. The van der Waals surface area contributed by atoms with Gasteiger partial charge in [0.15, 0.2) is 0 Å². The van der Waals surface area contributed by atoms with E-state index in [0.717, 1.165) is 6.42 Å². The van der Waals surface area contributed by atoms with E-state index in [9.17, 15) is 9.59 Å². The van der Waals surface area contributed by atoms with Crippen molar-refractivity contribution in [2.24, 2.45) is 5.73 Å². The summed E-state index contributed by atoms with van der Waals surface area (Å²) in [4.78, 5) is 21.9. The Morgan fingerprint density at radius 1 is 1.25 bits per heavy atom. The average molecular weight is 232 g/mol. The molecule has 0 aromatic heterocycles. The van der Waals surface area contributed by atoms with Crippen LogP contribution in [-0.4, -0.2) is 38.4 Å². The summed E-state index contributed by atoms with van der Waals surface area (Å²) in [5.41, 5.74) is 5.15. The van der Waals surface area contributed by atoms with E-state index < -0.39 is 6.09 Å². The fraction of sp³-hybridized carbons (Fsp3) is 0.800. The van der Waals surface area contributed by atoms with Gasteiger partial charge >= 0.3 is 12.1 Å². The molecule has 3 N–H and O–H groups in total. The zero-order valence-corrected chi connectivity index (χ0v) is 9.66. The molecule has 0 rings (SSSR count). The molecule has 0 aliphatic heterocycles. The molecule has 6 heteroatoms. The first kappa shape index (κ1) is 14.7. The van der Waals surface area contributed by atoms with Gasteiger partial charge in [0.1, 0.15) is 6.61 Å². The molecule has 0 saturated heterocycles. The second-order valence-electron chi connectivity index (χ2n) is 3.18. The van der Waals surface area contributed by atoms with Gasteiger partial charge in [-0.25, -0.2) is 4.79 Å². The highest BCUT2D eigenvalue weighted by molar-refractivity contribution is 5.69. The van der Waals surface area contributed by atoms with Gasteiger partial charge in [-0.15, -0.1) is 0 Å². The Kier molecular flexibility index (Phi) is 9.39. The highest BCUT2D eigenvalue weighted by Gasteiger charge is 2.03. The van der Waals surface area contributed by atoms with Gasteiger partial charge in [0.25, 0.3) is 0 Å². The van der Waals surface area contributed by atoms with Crippen LogP contribution in [0, 0.1) is 0 Å². The summed E-state index contributed by atoms with van der Waals surface area (Å²) in [5, 5.41) is 2.50. The van der Waals surface area contributed by atoms with Gasteiger partial charge in [-0.2, -0.15) is 0 Å². The predicted octanol–water partition coefficient (Wildman–Crippen LogP) is 0.405. The summed E-state index contributed by atoms with van der Waals surface area (Å²) in [6.07, 6.45) is 1.15. The van der Waals surface area contributed by atoms with E-state index in [2.05, 4.69) is 10.1 Å². The van der Waals surface area contributed by atoms with Crippen molar-refractivity contribution in [3.05, 3.63) is 0 Å². The Balaban J connectivity index is 3.31. The van der Waals surface area contributed by atoms with E-state index in [1.807, 2.05) is 6.92 Å². The minimum absolute atomic E-state index is 0.199. The number of hydrogen-bond donors (Lipinski definition) is 2. The van der Waals surface area contributed by atoms with Crippen molar-refractivity contribution in [2.45, 2.75) is 26.2 Å². The minimum Gasteiger partial charge on any atom is -0.466 e. The largest absolute Gasteiger partial charge is 0.466 e. The molecule has 16 heavy (non-hydrogen) atoms. The van der Waals surface area contributed by atoms with Crippen LogP contribution in [0.5, 0.6) is 0 Å². The quantitative estimate of drug-likeness (QED) is 0.467. The minimum atomic E-state index is -0.507. The van der Waals surface area contributed by atoms with Crippen molar-refractivity contribution in [3.63, 3.8) is 0 Å². The number of esters is 1. The number of alkyl carbamates (subject to hydrolysis) is 1. The zero-order valence-electron chi connectivity index (χ0n) is 9.66. The van der Waals surface area contributed by atoms with Gasteiger partial charge in [-0.05, 0) is 12.8 Å².